The molecule has 214 valence electrons. The van der Waals surface area contributed by atoms with E-state index in [1.807, 2.05) is 24.4 Å². The van der Waals surface area contributed by atoms with E-state index in [2.05, 4.69) is 63.3 Å². The minimum Gasteiger partial charge on any atom is -0.383 e. The van der Waals surface area contributed by atoms with Gasteiger partial charge in [0.2, 0.25) is 0 Å². The van der Waals surface area contributed by atoms with Gasteiger partial charge < -0.3 is 21.0 Å². The highest BCUT2D eigenvalue weighted by Crippen LogP contribution is 2.40. The second kappa shape index (κ2) is 10.9. The van der Waals surface area contributed by atoms with E-state index < -0.39 is 6.02 Å². The fourth-order valence-corrected chi connectivity index (χ4v) is 6.28. The van der Waals surface area contributed by atoms with Gasteiger partial charge in [-0.3, -0.25) is 9.99 Å². The number of hydrogen-bond acceptors (Lipinski definition) is 8. The first kappa shape index (κ1) is 26.7. The summed E-state index contributed by atoms with van der Waals surface area (Å²) in [4.78, 5) is 7.01. The lowest BCUT2D eigenvalue weighted by atomic mass is 9.79. The number of hydrazine groups is 2. The Balaban J connectivity index is 1.42. The van der Waals surface area contributed by atoms with Gasteiger partial charge in [-0.15, -0.1) is 5.53 Å². The molecule has 0 spiro atoms. The molecule has 10 heteroatoms. The van der Waals surface area contributed by atoms with Gasteiger partial charge in [0.15, 0.2) is 0 Å². The van der Waals surface area contributed by atoms with E-state index in [1.54, 1.807) is 24.4 Å². The summed E-state index contributed by atoms with van der Waals surface area (Å²) in [5, 5.41) is 20.7. The normalized spacial score (nSPS) is 23.8. The number of nitriles is 1. The van der Waals surface area contributed by atoms with Gasteiger partial charge in [-0.25, -0.2) is 0 Å². The Kier molecular flexibility index (Phi) is 7.08. The number of benzene rings is 2. The maximum absolute atomic E-state index is 9.89. The van der Waals surface area contributed by atoms with Crippen LogP contribution in [0.25, 0.3) is 10.9 Å². The van der Waals surface area contributed by atoms with E-state index in [0.717, 1.165) is 38.9 Å². The van der Waals surface area contributed by atoms with Crippen LogP contribution in [0.3, 0.4) is 0 Å². The summed E-state index contributed by atoms with van der Waals surface area (Å²) in [6, 6.07) is 11.8. The summed E-state index contributed by atoms with van der Waals surface area (Å²) in [7, 11) is 0. The molecule has 3 aromatic rings. The van der Waals surface area contributed by atoms with Crippen molar-refractivity contribution in [2.24, 2.45) is 5.41 Å². The number of aromatic nitrogens is 1. The number of nitrogens with one attached hydrogen (secondary N) is 4. The van der Waals surface area contributed by atoms with Crippen molar-refractivity contribution in [3.05, 3.63) is 75.7 Å². The molecule has 1 unspecified atom stereocenters. The van der Waals surface area contributed by atoms with Gasteiger partial charge in [-0.2, -0.15) is 5.26 Å². The van der Waals surface area contributed by atoms with Crippen molar-refractivity contribution in [2.75, 3.05) is 36.8 Å². The van der Waals surface area contributed by atoms with Crippen molar-refractivity contribution in [3.8, 4) is 6.07 Å². The van der Waals surface area contributed by atoms with Crippen molar-refractivity contribution in [2.45, 2.75) is 51.6 Å². The van der Waals surface area contributed by atoms with E-state index in [-0.39, 0.29) is 11.0 Å². The van der Waals surface area contributed by atoms with Crippen LogP contribution in [0.15, 0.2) is 54.5 Å². The molecule has 0 amide bonds. The lowest BCUT2D eigenvalue weighted by Gasteiger charge is -2.52. The third-order valence-corrected chi connectivity index (χ3v) is 8.81. The number of halogens is 2. The van der Waals surface area contributed by atoms with Gasteiger partial charge >= 0.3 is 0 Å². The lowest BCUT2D eigenvalue weighted by Crippen LogP contribution is -2.62. The molecule has 41 heavy (non-hydrogen) atoms. The Morgan fingerprint density at radius 3 is 2.51 bits per heavy atom. The molecule has 3 saturated heterocycles. The van der Waals surface area contributed by atoms with Crippen LogP contribution in [-0.4, -0.2) is 46.6 Å². The van der Waals surface area contributed by atoms with Crippen molar-refractivity contribution in [1.82, 2.24) is 25.9 Å². The summed E-state index contributed by atoms with van der Waals surface area (Å²) < 4.78 is 9.89. The molecule has 7 rings (SSSR count). The van der Waals surface area contributed by atoms with Gasteiger partial charge in [0.25, 0.3) is 0 Å². The molecule has 8 nitrogen and oxygen atoms in total. The monoisotopic (exact) mass is 591 g/mol. The van der Waals surface area contributed by atoms with Crippen LogP contribution in [0.5, 0.6) is 0 Å². The third kappa shape index (κ3) is 5.64. The second-order valence-corrected chi connectivity index (χ2v) is 13.2. The fraction of sp³-hybridized carbons (Fsp3) is 0.419. The van der Waals surface area contributed by atoms with Gasteiger partial charge in [-0.1, -0.05) is 56.1 Å². The van der Waals surface area contributed by atoms with Crippen molar-refractivity contribution >= 4 is 45.5 Å². The molecule has 0 saturated carbocycles. The minimum atomic E-state index is -1.42. The lowest BCUT2D eigenvalue weighted by molar-refractivity contribution is -0.0300. The Hall–Kier alpha value is -3.22. The first-order valence-electron chi connectivity index (χ1n) is 14.6. The summed E-state index contributed by atoms with van der Waals surface area (Å²) in [5.74, 6) is 0. The number of pyridine rings is 1. The molecular formula is C31H36Cl2N8. The second-order valence-electron chi connectivity index (χ2n) is 12.4. The molecule has 4 aliphatic heterocycles. The quantitative estimate of drug-likeness (QED) is 0.250. The average molecular weight is 593 g/mol. The molecular weight excluding hydrogens is 555 g/mol. The zero-order valence-electron chi connectivity index (χ0n) is 24.6. The third-order valence-electron chi connectivity index (χ3n) is 8.27. The largest absolute Gasteiger partial charge is 0.383 e. The van der Waals surface area contributed by atoms with Crippen molar-refractivity contribution in [3.63, 3.8) is 0 Å². The Labute approximate surface area is 253 Å². The van der Waals surface area contributed by atoms with Crippen molar-refractivity contribution in [1.29, 1.82) is 5.26 Å². The zero-order chi connectivity index (χ0) is 29.7. The summed E-state index contributed by atoms with van der Waals surface area (Å²) in [6.07, 6.45) is 6.80. The predicted molar refractivity (Wildman–Crippen MR) is 166 cm³/mol. The number of piperidine rings is 3. The van der Waals surface area contributed by atoms with Crippen molar-refractivity contribution < 1.29 is 1.37 Å². The van der Waals surface area contributed by atoms with Gasteiger partial charge in [-0.05, 0) is 54.5 Å². The standard InChI is InChI=1S/C31H36Cl2N8/c1-30(2,3)19-36-27-21(16-34)17-35-29-24(27)14-23(15-25(29)33)37-28(20-4-6-22(32)7-5-20)26-18-41(39-38-26)31-8-11-40(12-9-31)13-10-31/h4-7,14-15,17-18,28,37-39H,8-13,19H2,1-3H3,(H,35,36)/i28D. The molecule has 3 fully saturated rings. The smallest absolute Gasteiger partial charge is 0.103 e. The SMILES string of the molecule is [2H]C(Nc1cc(Cl)c2ncc(C#N)c(NCC(C)(C)C)c2c1)(C1=CN(C23CCN(CC2)CC3)NN1)c1ccc(Cl)cc1. The van der Waals surface area contributed by atoms with Crippen LogP contribution in [0.4, 0.5) is 11.4 Å². The molecule has 2 bridgehead atoms. The van der Waals surface area contributed by atoms with Crippen LogP contribution in [0, 0.1) is 16.7 Å². The van der Waals surface area contributed by atoms with E-state index in [4.69, 9.17) is 23.2 Å². The molecule has 1 atom stereocenters. The van der Waals surface area contributed by atoms with Crippen LogP contribution < -0.4 is 21.6 Å². The molecule has 4 aliphatic rings. The Morgan fingerprint density at radius 1 is 1.15 bits per heavy atom. The first-order valence-corrected chi connectivity index (χ1v) is 14.8. The topological polar surface area (TPSA) is 91.3 Å². The molecule has 5 heterocycles. The van der Waals surface area contributed by atoms with Gasteiger partial charge in [0, 0.05) is 54.7 Å². The highest BCUT2D eigenvalue weighted by atomic mass is 35.5. The van der Waals surface area contributed by atoms with Crippen LogP contribution in [0.2, 0.25) is 10.0 Å². The minimum absolute atomic E-state index is 0.0131. The molecule has 0 radical (unpaired) electrons. The van der Waals surface area contributed by atoms with Gasteiger partial charge in [0.1, 0.15) is 6.07 Å². The fourth-order valence-electron chi connectivity index (χ4n) is 5.88. The number of fused-ring (bicyclic) bond motifs is 4. The summed E-state index contributed by atoms with van der Waals surface area (Å²) in [5.41, 5.74) is 10.4. The summed E-state index contributed by atoms with van der Waals surface area (Å²) >= 11 is 13.0. The van der Waals surface area contributed by atoms with E-state index in [0.29, 0.717) is 55.7 Å². The van der Waals surface area contributed by atoms with Crippen LogP contribution >= 0.6 is 23.2 Å². The Morgan fingerprint density at radius 2 is 1.85 bits per heavy atom. The predicted octanol–water partition coefficient (Wildman–Crippen LogP) is 6.43. The average Bonchev–Trinajstić information content (AvgIpc) is 3.49. The van der Waals surface area contributed by atoms with Crippen LogP contribution in [-0.2, 0) is 0 Å². The summed E-state index contributed by atoms with van der Waals surface area (Å²) in [6.45, 7) is 10.3. The molecule has 1 aromatic heterocycles. The van der Waals surface area contributed by atoms with Gasteiger partial charge in [0.05, 0.1) is 40.4 Å². The number of hydrogen-bond donors (Lipinski definition) is 4. The maximum Gasteiger partial charge on any atom is 0.103 e. The highest BCUT2D eigenvalue weighted by Gasteiger charge is 2.45. The highest BCUT2D eigenvalue weighted by molar-refractivity contribution is 6.36. The van der Waals surface area contributed by atoms with E-state index in [1.165, 1.54) is 0 Å². The van der Waals surface area contributed by atoms with E-state index in [9.17, 15) is 6.63 Å². The molecule has 4 N–H and O–H groups in total. The Bertz CT molecular complexity index is 1560. The zero-order valence-corrected chi connectivity index (χ0v) is 25.1. The number of nitrogens with zero attached hydrogens (tertiary/aromatic N) is 4. The maximum atomic E-state index is 9.89. The number of anilines is 2. The molecule has 2 aromatic carbocycles. The molecule has 0 aliphatic carbocycles. The first-order chi connectivity index (χ1) is 20.0. The number of rotatable bonds is 7. The van der Waals surface area contributed by atoms with E-state index >= 15 is 0 Å². The van der Waals surface area contributed by atoms with Crippen LogP contribution in [0.1, 0.15) is 58.5 Å².